The summed E-state index contributed by atoms with van der Waals surface area (Å²) < 4.78 is 26.9. The molecule has 2 aromatic heterocycles. The molecule has 8 heteroatoms. The van der Waals surface area contributed by atoms with Crippen molar-refractivity contribution >= 4 is 21.6 Å². The minimum atomic E-state index is -3.39. The molecule has 1 aromatic carbocycles. The van der Waals surface area contributed by atoms with Crippen LogP contribution in [0.4, 0.5) is 0 Å². The van der Waals surface area contributed by atoms with E-state index in [0.29, 0.717) is 13.1 Å². The molecule has 1 amide bonds. The lowest BCUT2D eigenvalue weighted by molar-refractivity contribution is -0.131. The van der Waals surface area contributed by atoms with Gasteiger partial charge in [0.1, 0.15) is 5.65 Å². The number of sulfonamides is 1. The molecular formula is C21H24N4O3S. The van der Waals surface area contributed by atoms with Crippen LogP contribution in [0.3, 0.4) is 0 Å². The van der Waals surface area contributed by atoms with Crippen molar-refractivity contribution in [2.75, 3.05) is 25.9 Å². The molecule has 3 aromatic rings. The van der Waals surface area contributed by atoms with Crippen LogP contribution < -0.4 is 4.72 Å². The van der Waals surface area contributed by atoms with Gasteiger partial charge in [0.2, 0.25) is 15.9 Å². The molecule has 1 aliphatic heterocycles. The van der Waals surface area contributed by atoms with E-state index in [1.807, 2.05) is 47.0 Å². The molecule has 0 bridgehead atoms. The van der Waals surface area contributed by atoms with Gasteiger partial charge in [0.15, 0.2) is 0 Å². The normalized spacial score (nSPS) is 16.8. The minimum Gasteiger partial charge on any atom is -0.341 e. The smallest absolute Gasteiger partial charge is 0.237 e. The third-order valence-electron chi connectivity index (χ3n) is 5.64. The molecule has 1 aliphatic rings. The van der Waals surface area contributed by atoms with Gasteiger partial charge in [0.05, 0.1) is 18.5 Å². The Hall–Kier alpha value is -2.71. The van der Waals surface area contributed by atoms with Crippen molar-refractivity contribution < 1.29 is 13.2 Å². The third-order valence-corrected chi connectivity index (χ3v) is 6.30. The van der Waals surface area contributed by atoms with Gasteiger partial charge in [-0.3, -0.25) is 4.79 Å². The maximum absolute atomic E-state index is 12.4. The van der Waals surface area contributed by atoms with Crippen molar-refractivity contribution in [1.82, 2.24) is 19.0 Å². The zero-order valence-corrected chi connectivity index (χ0v) is 17.1. The number of fused-ring (bicyclic) bond motifs is 1. The van der Waals surface area contributed by atoms with Crippen LogP contribution >= 0.6 is 0 Å². The topological polar surface area (TPSA) is 83.8 Å². The van der Waals surface area contributed by atoms with Crippen molar-refractivity contribution in [1.29, 1.82) is 0 Å². The SMILES string of the molecule is CS(=O)(=O)NCC(=O)N1CCC(c2ccccc2)(c2cn3ccccc3n2)CC1. The lowest BCUT2D eigenvalue weighted by atomic mass is 9.70. The maximum Gasteiger partial charge on any atom is 0.237 e. The second-order valence-corrected chi connectivity index (χ2v) is 9.35. The van der Waals surface area contributed by atoms with Crippen LogP contribution in [0.15, 0.2) is 60.9 Å². The van der Waals surface area contributed by atoms with Crippen LogP contribution in [0.5, 0.6) is 0 Å². The summed E-state index contributed by atoms with van der Waals surface area (Å²) in [7, 11) is -3.39. The zero-order valence-electron chi connectivity index (χ0n) is 16.3. The molecular weight excluding hydrogens is 388 g/mol. The molecule has 0 aliphatic carbocycles. The lowest BCUT2D eigenvalue weighted by Gasteiger charge is -2.41. The number of hydrogen-bond acceptors (Lipinski definition) is 4. The van der Waals surface area contributed by atoms with Crippen LogP contribution in [0, 0.1) is 0 Å². The van der Waals surface area contributed by atoms with Gasteiger partial charge in [-0.2, -0.15) is 0 Å². The number of pyridine rings is 1. The highest BCUT2D eigenvalue weighted by molar-refractivity contribution is 7.88. The first-order valence-corrected chi connectivity index (χ1v) is 11.5. The summed E-state index contributed by atoms with van der Waals surface area (Å²) in [5.41, 5.74) is 2.80. The Morgan fingerprint density at radius 1 is 1.10 bits per heavy atom. The fourth-order valence-electron chi connectivity index (χ4n) is 4.06. The first-order valence-electron chi connectivity index (χ1n) is 9.60. The Morgan fingerprint density at radius 3 is 2.45 bits per heavy atom. The summed E-state index contributed by atoms with van der Waals surface area (Å²) in [5, 5.41) is 0. The molecule has 4 rings (SSSR count). The number of likely N-dealkylation sites (tertiary alicyclic amines) is 1. The number of carbonyl (C=O) groups excluding carboxylic acids is 1. The van der Waals surface area contributed by atoms with Crippen molar-refractivity contribution in [3.05, 3.63) is 72.2 Å². The molecule has 29 heavy (non-hydrogen) atoms. The Kier molecular flexibility index (Phi) is 5.14. The van der Waals surface area contributed by atoms with E-state index in [-0.39, 0.29) is 17.9 Å². The van der Waals surface area contributed by atoms with Crippen molar-refractivity contribution in [2.45, 2.75) is 18.3 Å². The summed E-state index contributed by atoms with van der Waals surface area (Å²) in [4.78, 5) is 19.1. The Morgan fingerprint density at radius 2 is 1.79 bits per heavy atom. The number of imidazole rings is 1. The maximum atomic E-state index is 12.4. The van der Waals surface area contributed by atoms with E-state index >= 15 is 0 Å². The van der Waals surface area contributed by atoms with E-state index in [4.69, 9.17) is 4.98 Å². The van der Waals surface area contributed by atoms with Crippen LogP contribution in [0.25, 0.3) is 5.65 Å². The number of amides is 1. The molecule has 0 radical (unpaired) electrons. The van der Waals surface area contributed by atoms with Gasteiger partial charge in [-0.15, -0.1) is 0 Å². The monoisotopic (exact) mass is 412 g/mol. The van der Waals surface area contributed by atoms with Crippen LogP contribution in [0.2, 0.25) is 0 Å². The van der Waals surface area contributed by atoms with E-state index in [1.165, 1.54) is 5.56 Å². The van der Waals surface area contributed by atoms with Crippen molar-refractivity contribution in [3.8, 4) is 0 Å². The number of aromatic nitrogens is 2. The van der Waals surface area contributed by atoms with Crippen LogP contribution in [-0.2, 0) is 20.2 Å². The van der Waals surface area contributed by atoms with Crippen LogP contribution in [0.1, 0.15) is 24.1 Å². The molecule has 1 N–H and O–H groups in total. The van der Waals surface area contributed by atoms with Crippen molar-refractivity contribution in [3.63, 3.8) is 0 Å². The average Bonchev–Trinajstić information content (AvgIpc) is 3.17. The molecule has 0 unspecified atom stereocenters. The number of piperidine rings is 1. The fraction of sp³-hybridized carbons (Fsp3) is 0.333. The molecule has 0 atom stereocenters. The number of hydrogen-bond donors (Lipinski definition) is 1. The van der Waals surface area contributed by atoms with Gasteiger partial charge >= 0.3 is 0 Å². The third kappa shape index (κ3) is 4.04. The van der Waals surface area contributed by atoms with E-state index in [2.05, 4.69) is 23.1 Å². The largest absolute Gasteiger partial charge is 0.341 e. The second kappa shape index (κ2) is 7.61. The quantitative estimate of drug-likeness (QED) is 0.693. The fourth-order valence-corrected chi connectivity index (χ4v) is 4.44. The molecule has 7 nitrogen and oxygen atoms in total. The number of benzene rings is 1. The van der Waals surface area contributed by atoms with Gasteiger partial charge < -0.3 is 9.30 Å². The van der Waals surface area contributed by atoms with Gasteiger partial charge in [0, 0.05) is 30.9 Å². The average molecular weight is 413 g/mol. The summed E-state index contributed by atoms with van der Waals surface area (Å²) in [6, 6.07) is 16.2. The van der Waals surface area contributed by atoms with E-state index < -0.39 is 10.0 Å². The highest BCUT2D eigenvalue weighted by atomic mass is 32.2. The summed E-state index contributed by atoms with van der Waals surface area (Å²) >= 11 is 0. The minimum absolute atomic E-state index is 0.202. The predicted molar refractivity (Wildman–Crippen MR) is 111 cm³/mol. The van der Waals surface area contributed by atoms with E-state index in [0.717, 1.165) is 30.4 Å². The summed E-state index contributed by atoms with van der Waals surface area (Å²) in [6.07, 6.45) is 6.57. The number of rotatable bonds is 5. The summed E-state index contributed by atoms with van der Waals surface area (Å²) in [6.45, 7) is 0.894. The molecule has 3 heterocycles. The molecule has 0 spiro atoms. The van der Waals surface area contributed by atoms with Crippen molar-refractivity contribution in [2.24, 2.45) is 0 Å². The predicted octanol–water partition coefficient (Wildman–Crippen LogP) is 1.79. The highest BCUT2D eigenvalue weighted by Crippen LogP contribution is 2.41. The first kappa shape index (κ1) is 19.6. The highest BCUT2D eigenvalue weighted by Gasteiger charge is 2.40. The molecule has 1 fully saturated rings. The van der Waals surface area contributed by atoms with Gasteiger partial charge in [-0.1, -0.05) is 36.4 Å². The Balaban J connectivity index is 1.62. The number of carbonyl (C=O) groups is 1. The Bertz CT molecular complexity index is 1080. The summed E-state index contributed by atoms with van der Waals surface area (Å²) in [5.74, 6) is -0.202. The van der Waals surface area contributed by atoms with Gasteiger partial charge in [-0.05, 0) is 30.5 Å². The standard InChI is InChI=1S/C21H24N4O3S/c1-29(27,28)22-15-20(26)24-13-10-21(11-14-24,17-7-3-2-4-8-17)18-16-25-12-6-5-9-19(25)23-18/h2-9,12,16,22H,10-11,13-15H2,1H3. The molecule has 1 saturated heterocycles. The number of nitrogens with zero attached hydrogens (tertiary/aromatic N) is 3. The Labute approximate surface area is 170 Å². The first-order chi connectivity index (χ1) is 13.9. The van der Waals surface area contributed by atoms with E-state index in [9.17, 15) is 13.2 Å². The molecule has 0 saturated carbocycles. The lowest BCUT2D eigenvalue weighted by Crippen LogP contribution is -2.48. The van der Waals surface area contributed by atoms with Crippen LogP contribution in [-0.4, -0.2) is 54.5 Å². The second-order valence-electron chi connectivity index (χ2n) is 7.51. The number of nitrogens with one attached hydrogen (secondary N) is 1. The van der Waals surface area contributed by atoms with E-state index in [1.54, 1.807) is 4.90 Å². The zero-order chi connectivity index (χ0) is 20.5. The van der Waals surface area contributed by atoms with Gasteiger partial charge in [0.25, 0.3) is 0 Å². The molecule has 152 valence electrons. The van der Waals surface area contributed by atoms with Gasteiger partial charge in [-0.25, -0.2) is 18.1 Å².